The summed E-state index contributed by atoms with van der Waals surface area (Å²) in [5, 5.41) is 3.38. The maximum absolute atomic E-state index is 5.56. The van der Waals surface area contributed by atoms with Crippen molar-refractivity contribution in [3.8, 4) is 11.5 Å². The highest BCUT2D eigenvalue weighted by Gasteiger charge is 2.11. The highest BCUT2D eigenvalue weighted by atomic mass is 79.9. The molecule has 0 amide bonds. The van der Waals surface area contributed by atoms with Crippen molar-refractivity contribution in [3.05, 3.63) is 52.5 Å². The van der Waals surface area contributed by atoms with Gasteiger partial charge in [0.2, 0.25) is 0 Å². The molecule has 0 atom stereocenters. The Morgan fingerprint density at radius 1 is 1.00 bits per heavy atom. The van der Waals surface area contributed by atoms with E-state index in [1.165, 1.54) is 5.56 Å². The highest BCUT2D eigenvalue weighted by molar-refractivity contribution is 9.10. The van der Waals surface area contributed by atoms with Crippen LogP contribution in [0.2, 0.25) is 0 Å². The second kappa shape index (κ2) is 5.53. The van der Waals surface area contributed by atoms with E-state index in [-0.39, 0.29) is 0 Å². The van der Waals surface area contributed by atoms with E-state index in [4.69, 9.17) is 9.47 Å². The van der Waals surface area contributed by atoms with Crippen molar-refractivity contribution in [1.29, 1.82) is 0 Å². The Hall–Kier alpha value is -1.68. The molecule has 1 aliphatic rings. The zero-order valence-corrected chi connectivity index (χ0v) is 11.9. The SMILES string of the molecule is Brc1cccc(CNc2ccc3c(c2)OCCO3)c1. The van der Waals surface area contributed by atoms with Crippen LogP contribution in [0.5, 0.6) is 11.5 Å². The summed E-state index contributed by atoms with van der Waals surface area (Å²) in [5.74, 6) is 1.63. The van der Waals surface area contributed by atoms with Gasteiger partial charge in [0, 0.05) is 22.8 Å². The quantitative estimate of drug-likeness (QED) is 0.932. The third-order valence-electron chi connectivity index (χ3n) is 2.93. The van der Waals surface area contributed by atoms with Crippen molar-refractivity contribution in [3.63, 3.8) is 0 Å². The van der Waals surface area contributed by atoms with E-state index in [2.05, 4.69) is 33.4 Å². The molecule has 98 valence electrons. The molecule has 1 N–H and O–H groups in total. The lowest BCUT2D eigenvalue weighted by atomic mass is 10.2. The van der Waals surface area contributed by atoms with Gasteiger partial charge in [0.25, 0.3) is 0 Å². The van der Waals surface area contributed by atoms with Crippen molar-refractivity contribution in [2.75, 3.05) is 18.5 Å². The predicted octanol–water partition coefficient (Wildman–Crippen LogP) is 3.83. The van der Waals surface area contributed by atoms with E-state index in [1.807, 2.05) is 30.3 Å². The first kappa shape index (κ1) is 12.4. The Balaban J connectivity index is 1.70. The topological polar surface area (TPSA) is 30.5 Å². The normalized spacial score (nSPS) is 13.1. The lowest BCUT2D eigenvalue weighted by Gasteiger charge is -2.19. The van der Waals surface area contributed by atoms with Crippen LogP contribution in [0.1, 0.15) is 5.56 Å². The van der Waals surface area contributed by atoms with Crippen molar-refractivity contribution >= 4 is 21.6 Å². The number of benzene rings is 2. The molecule has 0 aromatic heterocycles. The van der Waals surface area contributed by atoms with Crippen LogP contribution in [0.15, 0.2) is 46.9 Å². The standard InChI is InChI=1S/C15H14BrNO2/c16-12-3-1-2-11(8-12)10-17-13-4-5-14-15(9-13)19-7-6-18-14/h1-5,8-9,17H,6-7,10H2. The van der Waals surface area contributed by atoms with Crippen LogP contribution in [0.4, 0.5) is 5.69 Å². The smallest absolute Gasteiger partial charge is 0.163 e. The number of halogens is 1. The van der Waals surface area contributed by atoms with Crippen molar-refractivity contribution < 1.29 is 9.47 Å². The minimum absolute atomic E-state index is 0.613. The van der Waals surface area contributed by atoms with Crippen LogP contribution in [0.3, 0.4) is 0 Å². The number of fused-ring (bicyclic) bond motifs is 1. The summed E-state index contributed by atoms with van der Waals surface area (Å²) in [7, 11) is 0. The van der Waals surface area contributed by atoms with Crippen LogP contribution < -0.4 is 14.8 Å². The minimum Gasteiger partial charge on any atom is -0.486 e. The minimum atomic E-state index is 0.613. The maximum atomic E-state index is 5.56. The Labute approximate surface area is 120 Å². The largest absolute Gasteiger partial charge is 0.486 e. The summed E-state index contributed by atoms with van der Waals surface area (Å²) in [6.07, 6.45) is 0. The first-order chi connectivity index (χ1) is 9.31. The molecule has 3 nitrogen and oxygen atoms in total. The molecule has 2 aromatic rings. The number of hydrogen-bond donors (Lipinski definition) is 1. The lowest BCUT2D eigenvalue weighted by molar-refractivity contribution is 0.171. The fraction of sp³-hybridized carbons (Fsp3) is 0.200. The molecule has 2 aromatic carbocycles. The fourth-order valence-electron chi connectivity index (χ4n) is 2.00. The molecular weight excluding hydrogens is 306 g/mol. The number of ether oxygens (including phenoxy) is 2. The fourth-order valence-corrected chi connectivity index (χ4v) is 2.45. The van der Waals surface area contributed by atoms with E-state index in [9.17, 15) is 0 Å². The van der Waals surface area contributed by atoms with Crippen molar-refractivity contribution in [2.45, 2.75) is 6.54 Å². The second-order valence-electron chi connectivity index (χ2n) is 4.34. The maximum Gasteiger partial charge on any atom is 0.163 e. The summed E-state index contributed by atoms with van der Waals surface area (Å²) in [4.78, 5) is 0. The zero-order valence-electron chi connectivity index (χ0n) is 10.4. The summed E-state index contributed by atoms with van der Waals surface area (Å²) >= 11 is 3.47. The first-order valence-corrected chi connectivity index (χ1v) is 6.98. The van der Waals surface area contributed by atoms with E-state index in [1.54, 1.807) is 0 Å². The van der Waals surface area contributed by atoms with Crippen LogP contribution in [0.25, 0.3) is 0 Å². The average molecular weight is 320 g/mol. The lowest BCUT2D eigenvalue weighted by Crippen LogP contribution is -2.15. The van der Waals surface area contributed by atoms with Crippen molar-refractivity contribution in [1.82, 2.24) is 0 Å². The van der Waals surface area contributed by atoms with Gasteiger partial charge in [-0.15, -0.1) is 0 Å². The monoisotopic (exact) mass is 319 g/mol. The summed E-state index contributed by atoms with van der Waals surface area (Å²) in [5.41, 5.74) is 2.26. The molecule has 3 rings (SSSR count). The molecule has 0 saturated heterocycles. The molecule has 4 heteroatoms. The van der Waals surface area contributed by atoms with Gasteiger partial charge in [-0.05, 0) is 29.8 Å². The van der Waals surface area contributed by atoms with Gasteiger partial charge >= 0.3 is 0 Å². The predicted molar refractivity (Wildman–Crippen MR) is 78.9 cm³/mol. The number of anilines is 1. The molecule has 0 saturated carbocycles. The van der Waals surface area contributed by atoms with Crippen LogP contribution in [0, 0.1) is 0 Å². The molecule has 0 radical (unpaired) electrons. The third kappa shape index (κ3) is 3.01. The molecule has 1 heterocycles. The Morgan fingerprint density at radius 3 is 2.68 bits per heavy atom. The van der Waals surface area contributed by atoms with Gasteiger partial charge < -0.3 is 14.8 Å². The number of rotatable bonds is 3. The number of nitrogens with one attached hydrogen (secondary N) is 1. The Bertz CT molecular complexity index is 586. The molecule has 1 aliphatic heterocycles. The summed E-state index contributed by atoms with van der Waals surface area (Å²) in [6.45, 7) is 2.01. The van der Waals surface area contributed by atoms with Crippen LogP contribution in [-0.2, 0) is 6.54 Å². The van der Waals surface area contributed by atoms with Crippen LogP contribution >= 0.6 is 15.9 Å². The van der Waals surface area contributed by atoms with E-state index in [0.29, 0.717) is 13.2 Å². The second-order valence-corrected chi connectivity index (χ2v) is 5.26. The highest BCUT2D eigenvalue weighted by Crippen LogP contribution is 2.32. The van der Waals surface area contributed by atoms with Gasteiger partial charge in [0.15, 0.2) is 11.5 Å². The molecule has 0 unspecified atom stereocenters. The van der Waals surface area contributed by atoms with Crippen molar-refractivity contribution in [2.24, 2.45) is 0 Å². The number of hydrogen-bond acceptors (Lipinski definition) is 3. The van der Waals surface area contributed by atoms with Gasteiger partial charge in [-0.1, -0.05) is 28.1 Å². The van der Waals surface area contributed by atoms with E-state index < -0.39 is 0 Å². The summed E-state index contributed by atoms with van der Waals surface area (Å²) < 4.78 is 12.2. The molecule has 0 fully saturated rings. The van der Waals surface area contributed by atoms with Gasteiger partial charge in [-0.25, -0.2) is 0 Å². The average Bonchev–Trinajstić information content (AvgIpc) is 2.45. The first-order valence-electron chi connectivity index (χ1n) is 6.19. The molecule has 0 spiro atoms. The molecule has 0 aliphatic carbocycles. The van der Waals surface area contributed by atoms with Gasteiger partial charge in [-0.2, -0.15) is 0 Å². The molecular formula is C15H14BrNO2. The van der Waals surface area contributed by atoms with Gasteiger partial charge in [0.05, 0.1) is 0 Å². The summed E-state index contributed by atoms with van der Waals surface area (Å²) in [6, 6.07) is 14.2. The van der Waals surface area contributed by atoms with E-state index in [0.717, 1.165) is 28.2 Å². The third-order valence-corrected chi connectivity index (χ3v) is 3.42. The molecule has 19 heavy (non-hydrogen) atoms. The van der Waals surface area contributed by atoms with Gasteiger partial charge in [-0.3, -0.25) is 0 Å². The van der Waals surface area contributed by atoms with E-state index >= 15 is 0 Å². The Morgan fingerprint density at radius 2 is 1.84 bits per heavy atom. The molecule has 0 bridgehead atoms. The van der Waals surface area contributed by atoms with Crippen LogP contribution in [-0.4, -0.2) is 13.2 Å². The Kier molecular flexibility index (Phi) is 3.60. The zero-order chi connectivity index (χ0) is 13.1. The van der Waals surface area contributed by atoms with Gasteiger partial charge in [0.1, 0.15) is 13.2 Å².